The van der Waals surface area contributed by atoms with Crippen LogP contribution in [0.3, 0.4) is 0 Å². The Balaban J connectivity index is 0.000000302. The van der Waals surface area contributed by atoms with Crippen LogP contribution in [0, 0.1) is 35.0 Å². The van der Waals surface area contributed by atoms with E-state index in [-0.39, 0.29) is 80.3 Å². The molecule has 13 atom stereocenters. The lowest BCUT2D eigenvalue weighted by atomic mass is 9.86. The van der Waals surface area contributed by atoms with Gasteiger partial charge in [0.25, 0.3) is 23.6 Å². The summed E-state index contributed by atoms with van der Waals surface area (Å²) in [7, 11) is -16.7. The van der Waals surface area contributed by atoms with Crippen molar-refractivity contribution in [3.05, 3.63) is 93.7 Å². The summed E-state index contributed by atoms with van der Waals surface area (Å²) >= 11 is 0. The molecule has 2 heterocycles. The maximum absolute atomic E-state index is 13.9. The van der Waals surface area contributed by atoms with Gasteiger partial charge >= 0.3 is 24.2 Å². The Morgan fingerprint density at radius 1 is 0.489 bits per heavy atom. The van der Waals surface area contributed by atoms with Crippen LogP contribution in [-0.2, 0) is 97.9 Å². The number of nitrogens with two attached hydrogens (primary N) is 3. The molecule has 10 aliphatic carbocycles. The molecule has 10 saturated carbocycles. The average molecular weight is 2030 g/mol. The second kappa shape index (κ2) is 39.9. The van der Waals surface area contributed by atoms with E-state index in [4.69, 9.17) is 45.4 Å². The summed E-state index contributed by atoms with van der Waals surface area (Å²) in [5.41, 5.74) is 3.08. The first-order chi connectivity index (χ1) is 59.2. The Bertz CT molecular complexity index is 5380. The van der Waals surface area contributed by atoms with Crippen molar-refractivity contribution in [3.8, 4) is 11.6 Å². The van der Waals surface area contributed by atoms with E-state index >= 15 is 0 Å². The molecule has 9 amide bonds. The first-order valence-electron chi connectivity index (χ1n) is 42.6. The van der Waals surface area contributed by atoms with Gasteiger partial charge in [-0.1, -0.05) is 51.2 Å². The lowest BCUT2D eigenvalue weighted by Crippen LogP contribution is -2.59. The molecule has 2 aromatic rings. The second-order valence-electron chi connectivity index (χ2n) is 40.9. The van der Waals surface area contributed by atoms with Crippen molar-refractivity contribution in [3.63, 3.8) is 0 Å². The molecule has 1 aromatic heterocycles. The summed E-state index contributed by atoms with van der Waals surface area (Å²) in [6.07, 6.45) is 13.8. The molecule has 1 saturated heterocycles. The number of nitrogens with one attached hydrogen (secondary N) is 8. The van der Waals surface area contributed by atoms with E-state index in [1.807, 2.05) is 39.0 Å². The number of carboxylic acids is 1. The molecule has 1 aliphatic heterocycles. The molecule has 11 aliphatic rings. The van der Waals surface area contributed by atoms with Crippen molar-refractivity contribution in [2.24, 2.45) is 51.6 Å². The zero-order valence-corrected chi connectivity index (χ0v) is 85.0. The number of sulfonamides is 5. The monoisotopic (exact) mass is 2030 g/mol. The van der Waals surface area contributed by atoms with Crippen LogP contribution in [0.25, 0.3) is 10.8 Å². The summed E-state index contributed by atoms with van der Waals surface area (Å²) in [6, 6.07) is 5.36. The fraction of sp³-hybridized carbons (Fsp3) is 0.663. The molecule has 11 fully saturated rings. The molecular weight excluding hydrogens is 1900 g/mol. The van der Waals surface area contributed by atoms with E-state index in [1.54, 1.807) is 122 Å². The molecule has 13 rings (SSSR count). The van der Waals surface area contributed by atoms with Crippen molar-refractivity contribution in [2.45, 2.75) is 307 Å². The summed E-state index contributed by atoms with van der Waals surface area (Å²) in [5, 5.41) is 25.7. The minimum Gasteiger partial charge on any atom is -0.497 e. The number of fused-ring (bicyclic) bond motifs is 1. The van der Waals surface area contributed by atoms with Crippen LogP contribution in [0.5, 0.6) is 11.6 Å². The summed E-state index contributed by atoms with van der Waals surface area (Å²) in [5.74, 6) is -5.41. The number of pyridine rings is 1. The van der Waals surface area contributed by atoms with Gasteiger partial charge in [0.15, 0.2) is 0 Å². The number of methoxy groups -OCH3 is 1. The number of likely N-dealkylation sites (tertiary alicyclic amines) is 1. The van der Waals surface area contributed by atoms with Crippen LogP contribution in [0.4, 0.5) is 14.4 Å². The number of hydrogen-bond acceptors (Lipinski definition) is 28. The van der Waals surface area contributed by atoms with Gasteiger partial charge in [-0.05, 0) is 228 Å². The van der Waals surface area contributed by atoms with Crippen LogP contribution in [0.2, 0.25) is 0 Å². The van der Waals surface area contributed by atoms with Crippen LogP contribution in [0.15, 0.2) is 93.7 Å². The summed E-state index contributed by atoms with van der Waals surface area (Å²) in [6.45, 7) is 47.1. The number of aliphatic carboxylic acids is 1. The topological polar surface area (TPSA) is 598 Å². The number of aromatic nitrogens is 1. The number of rotatable bonds is 28. The van der Waals surface area contributed by atoms with E-state index in [2.05, 4.69) is 78.0 Å². The predicted octanol–water partition coefficient (Wildman–Crippen LogP) is 7.45. The van der Waals surface area contributed by atoms with Crippen LogP contribution < -0.4 is 66.2 Å². The van der Waals surface area contributed by atoms with Gasteiger partial charge in [-0.3, -0.25) is 47.7 Å². The number of primary sulfonamides is 1. The SMILES string of the molecule is C=C[C@@H]1C[C@]1(N)C(=O)NS(=O)(=O)C1(C)CC1.C=C[C@@H]1C[C@]1(NC(=O)OC(C)(C)C)C(=O)NS(=O)(=O)C1(C)CC1.C=C[C@@H]1C[C@]1(NC(=O)OC(C)(C)C)C(=O)NS(=O)(=O)C1(C)CC1.C=C[C@@H]1C[C@]1(NC(=O)OC(C)(C)C)C(=O)O.C=C[C@@H]1C[C@]1(NC(=O)[C@@H]1C[C@@H](Oc2nccc3cc(OC)ccc23)CN1C(=O)[C@@H](N)C(C)(C)C)C(=O)NS(=O)(=O)C1(C)CC1.CC1(S(N)(=O)=O)CC1.Cl.Cl.Cl. The Kier molecular flexibility index (Phi) is 34.5. The van der Waals surface area contributed by atoms with Gasteiger partial charge in [-0.25, -0.2) is 71.4 Å². The third-order valence-electron chi connectivity index (χ3n) is 25.3. The number of nitrogens with zero attached hydrogens (tertiary/aromatic N) is 2. The van der Waals surface area contributed by atoms with Crippen LogP contribution in [0.1, 0.15) is 220 Å². The Labute approximate surface area is 798 Å². The van der Waals surface area contributed by atoms with Gasteiger partial charge in [0.05, 0.1) is 43.4 Å². The number of hydrogen-bond donors (Lipinski definition) is 12. The van der Waals surface area contributed by atoms with Crippen LogP contribution >= 0.6 is 37.2 Å². The average Bonchev–Trinajstić information content (AvgIpc) is 1.45. The largest absolute Gasteiger partial charge is 0.497 e. The summed E-state index contributed by atoms with van der Waals surface area (Å²) in [4.78, 5) is 130. The lowest BCUT2D eigenvalue weighted by molar-refractivity contribution is -0.142. The van der Waals surface area contributed by atoms with Gasteiger partial charge in [0.2, 0.25) is 67.8 Å². The third kappa shape index (κ3) is 26.9. The van der Waals surface area contributed by atoms with Gasteiger partial charge in [0, 0.05) is 47.6 Å². The fourth-order valence-corrected chi connectivity index (χ4v) is 19.7. The van der Waals surface area contributed by atoms with Crippen molar-refractivity contribution in [2.75, 3.05) is 13.7 Å². The van der Waals surface area contributed by atoms with E-state index in [1.165, 1.54) is 29.2 Å². The summed E-state index contributed by atoms with van der Waals surface area (Å²) < 4.78 is 150. The predicted molar refractivity (Wildman–Crippen MR) is 505 cm³/mol. The number of benzene rings is 1. The van der Waals surface area contributed by atoms with Gasteiger partial charge in [-0.2, -0.15) is 0 Å². The highest BCUT2D eigenvalue weighted by Crippen LogP contribution is 2.52. The number of carbonyl (C=O) groups is 10. The number of alkyl carbamates (subject to hydrolysis) is 3. The highest BCUT2D eigenvalue weighted by Gasteiger charge is 2.67. The highest BCUT2D eigenvalue weighted by atomic mass is 35.5. The Hall–Kier alpha value is -8.47. The third-order valence-corrected chi connectivity index (χ3v) is 35.7. The second-order valence-corrected chi connectivity index (χ2v) is 51.8. The number of carbonyl (C=O) groups excluding carboxylic acids is 9. The van der Waals surface area contributed by atoms with Crippen molar-refractivity contribution >= 4 is 158 Å². The minimum absolute atomic E-state index is 0. The van der Waals surface area contributed by atoms with Crippen LogP contribution in [-0.4, -0.2) is 217 Å². The molecule has 0 unspecified atom stereocenters. The van der Waals surface area contributed by atoms with E-state index in [9.17, 15) is 90.0 Å². The molecule has 0 spiro atoms. The lowest BCUT2D eigenvalue weighted by Gasteiger charge is -2.33. The standard InChI is InChI=1S/C31H41N5O7S.2C15H24N2O5S.C11H17NO4.C10H16N2O3S.C4H9NO2S.3ClH/c1-7-19-16-31(19,28(39)35-44(40,41)30(5)11-12-30)34-25(37)23-15-21(17-36(23)27(38)24(32)29(2,3)4)43-26-22-9-8-20(42-6)14-18(22)10-13-33-26;2*1-6-10-9-15(10,16-12(19)22-13(2,3)4)11(18)17-23(20,21)14(5)7-8-14;1-5-7-6-11(7,8(13)14)12-9(15)16-10(2,3)4;1-3-7-6-10(7,11)8(13)12-16(14,15)9(2)4-5-9;1-4(2-3-4)8(5,6)7;;;/h7-10,13-14,19,21,23-24H,1,11-12,15-17,32H2,2-6H3,(H,34,37)(H,35,39);2*6,10H,1,7-9H2,2-5H3,(H,16,19)(H,17,18);5,7H,1,6H2,2-4H3,(H,12,15)(H,13,14);3,7H,1,4-6,11H2,2H3,(H,12,13);2-3H2,1H3,(H2,5,6,7);3*1H/t19-,21-,23+,24-,31-;2*10-,15-;7-,11-;7-,10-;;;;/m11111..../s1. The Morgan fingerprint density at radius 2 is 0.812 bits per heavy atom. The molecule has 39 nitrogen and oxygen atoms in total. The van der Waals surface area contributed by atoms with Crippen molar-refractivity contribution in [1.82, 2.24) is 50.0 Å². The zero-order chi connectivity index (χ0) is 98.8. The highest BCUT2D eigenvalue weighted by molar-refractivity contribution is 7.92. The van der Waals surface area contributed by atoms with E-state index in [0.717, 1.165) is 23.6 Å². The van der Waals surface area contributed by atoms with Gasteiger partial charge in [-0.15, -0.1) is 70.1 Å². The maximum Gasteiger partial charge on any atom is 0.408 e. The maximum atomic E-state index is 13.9. The molecule has 0 bridgehead atoms. The molecule has 750 valence electrons. The zero-order valence-electron chi connectivity index (χ0n) is 78.5. The normalized spacial score (nSPS) is 27.7. The van der Waals surface area contributed by atoms with E-state index in [0.29, 0.717) is 88.7 Å². The van der Waals surface area contributed by atoms with E-state index < -0.39 is 208 Å². The smallest absolute Gasteiger partial charge is 0.408 e. The molecular formula is C86H134Cl3N13O26S5. The minimum atomic E-state index is -3.93. The number of carboxylic acid groups (broad SMARTS) is 1. The fourth-order valence-electron chi connectivity index (χ4n) is 13.8. The first kappa shape index (κ1) is 115. The number of halogens is 3. The van der Waals surface area contributed by atoms with Gasteiger partial charge in [0.1, 0.15) is 62.4 Å². The first-order valence-corrected chi connectivity index (χ1v) is 50.1. The van der Waals surface area contributed by atoms with Crippen molar-refractivity contribution < 1.29 is 119 Å². The quantitative estimate of drug-likeness (QED) is 0.0290. The molecule has 1 aromatic carbocycles. The molecule has 133 heavy (non-hydrogen) atoms. The van der Waals surface area contributed by atoms with Gasteiger partial charge < -0.3 is 66.4 Å². The molecule has 0 radical (unpaired) electrons. The molecule has 15 N–H and O–H groups in total. The number of ether oxygens (including phenoxy) is 5. The van der Waals surface area contributed by atoms with Crippen molar-refractivity contribution in [1.29, 1.82) is 0 Å². The Morgan fingerprint density at radius 3 is 1.09 bits per heavy atom. The number of amides is 9. The molecule has 47 heteroatoms.